The Labute approximate surface area is 157 Å². The summed E-state index contributed by atoms with van der Waals surface area (Å²) in [6.45, 7) is 2.33. The molecule has 0 bridgehead atoms. The van der Waals surface area contributed by atoms with Gasteiger partial charge in [-0.15, -0.1) is 0 Å². The first-order valence-electron chi connectivity index (χ1n) is 9.31. The molecule has 0 spiro atoms. The van der Waals surface area contributed by atoms with E-state index in [-0.39, 0.29) is 17.9 Å². The largest absolute Gasteiger partial charge is 0.277 e. The molecule has 27 heavy (non-hydrogen) atoms. The third-order valence-electron chi connectivity index (χ3n) is 5.02. The van der Waals surface area contributed by atoms with Crippen LogP contribution in [-0.4, -0.2) is 15.5 Å². The molecule has 1 aliphatic carbocycles. The Morgan fingerprint density at radius 3 is 2.81 bits per heavy atom. The Hall–Kier alpha value is -3.15. The monoisotopic (exact) mass is 362 g/mol. The second kappa shape index (κ2) is 7.23. The molecule has 138 valence electrons. The number of para-hydroxylation sites is 1. The van der Waals surface area contributed by atoms with Gasteiger partial charge < -0.3 is 0 Å². The van der Waals surface area contributed by atoms with Gasteiger partial charge in [-0.1, -0.05) is 30.3 Å². The third kappa shape index (κ3) is 3.43. The van der Waals surface area contributed by atoms with E-state index in [1.54, 1.807) is 12.1 Å². The molecule has 1 aromatic heterocycles. The second-order valence-electron chi connectivity index (χ2n) is 6.81. The highest BCUT2D eigenvalue weighted by Gasteiger charge is 2.13. The quantitative estimate of drug-likeness (QED) is 0.684. The van der Waals surface area contributed by atoms with Crippen molar-refractivity contribution < 1.29 is 4.79 Å². The Morgan fingerprint density at radius 2 is 1.96 bits per heavy atom. The number of aryl methyl sites for hydroxylation is 2. The number of anilines is 1. The van der Waals surface area contributed by atoms with Crippen molar-refractivity contribution in [1.29, 1.82) is 0 Å². The summed E-state index contributed by atoms with van der Waals surface area (Å²) in [5, 5.41) is 0.564. The summed E-state index contributed by atoms with van der Waals surface area (Å²) in [4.78, 5) is 29.4. The summed E-state index contributed by atoms with van der Waals surface area (Å²) in [7, 11) is 0. The lowest BCUT2D eigenvalue weighted by atomic mass is 10.0. The second-order valence-corrected chi connectivity index (χ2v) is 6.81. The van der Waals surface area contributed by atoms with E-state index in [2.05, 4.69) is 28.0 Å². The number of nitrogens with zero attached hydrogens (tertiary/aromatic N) is 2. The van der Waals surface area contributed by atoms with Gasteiger partial charge in [0, 0.05) is 6.54 Å². The Morgan fingerprint density at radius 1 is 1.15 bits per heavy atom. The fraction of sp³-hybridized carbons (Fsp3) is 0.286. The summed E-state index contributed by atoms with van der Waals surface area (Å²) in [6, 6.07) is 13.5. The average Bonchev–Trinajstić information content (AvgIpc) is 3.14. The van der Waals surface area contributed by atoms with Gasteiger partial charge in [-0.2, -0.15) is 0 Å². The van der Waals surface area contributed by atoms with Gasteiger partial charge in [0.1, 0.15) is 0 Å². The van der Waals surface area contributed by atoms with Crippen LogP contribution in [0.5, 0.6) is 0 Å². The minimum Gasteiger partial charge on any atom is -0.277 e. The molecule has 0 radical (unpaired) electrons. The summed E-state index contributed by atoms with van der Waals surface area (Å²) >= 11 is 0. The van der Waals surface area contributed by atoms with Crippen LogP contribution in [0.2, 0.25) is 0 Å². The molecule has 3 aromatic rings. The third-order valence-corrected chi connectivity index (χ3v) is 5.02. The number of carbonyl (C=O) groups is 1. The summed E-state index contributed by atoms with van der Waals surface area (Å²) in [5.74, 6) is 0.168. The zero-order valence-electron chi connectivity index (χ0n) is 15.3. The molecule has 2 N–H and O–H groups in total. The number of benzene rings is 2. The molecular formula is C21H22N4O2. The van der Waals surface area contributed by atoms with E-state index < -0.39 is 0 Å². The van der Waals surface area contributed by atoms with Crippen LogP contribution in [0.15, 0.2) is 47.3 Å². The van der Waals surface area contributed by atoms with E-state index in [0.29, 0.717) is 23.4 Å². The maximum absolute atomic E-state index is 12.6. The van der Waals surface area contributed by atoms with Gasteiger partial charge in [-0.25, -0.2) is 4.98 Å². The Bertz CT molecular complexity index is 1070. The molecule has 2 aromatic carbocycles. The lowest BCUT2D eigenvalue weighted by Gasteiger charge is -2.14. The van der Waals surface area contributed by atoms with Crippen LogP contribution >= 0.6 is 0 Å². The minimum absolute atomic E-state index is 0.126. The minimum atomic E-state index is -0.169. The van der Waals surface area contributed by atoms with Crippen molar-refractivity contribution in [2.75, 3.05) is 5.43 Å². The average molecular weight is 362 g/mol. The topological polar surface area (TPSA) is 76.0 Å². The van der Waals surface area contributed by atoms with Crippen molar-refractivity contribution >= 4 is 22.8 Å². The van der Waals surface area contributed by atoms with Crippen molar-refractivity contribution in [2.45, 2.75) is 39.2 Å². The van der Waals surface area contributed by atoms with Crippen molar-refractivity contribution in [3.63, 3.8) is 0 Å². The predicted octanol–water partition coefficient (Wildman–Crippen LogP) is 2.59. The van der Waals surface area contributed by atoms with Crippen molar-refractivity contribution in [3.8, 4) is 0 Å². The number of amides is 1. The number of carbonyl (C=O) groups excluding carboxylic acids is 1. The molecule has 0 atom stereocenters. The SMILES string of the molecule is CCn1c(NNC(=O)Cc2ccc3c(c2)CCC3)nc2ccccc2c1=O. The normalized spacial score (nSPS) is 12.8. The Kier molecular flexibility index (Phi) is 4.62. The lowest BCUT2D eigenvalue weighted by Crippen LogP contribution is -2.35. The number of hydrogen-bond donors (Lipinski definition) is 2. The molecule has 6 nitrogen and oxygen atoms in total. The van der Waals surface area contributed by atoms with Crippen LogP contribution in [0.3, 0.4) is 0 Å². The molecule has 4 rings (SSSR count). The fourth-order valence-corrected chi connectivity index (χ4v) is 3.65. The van der Waals surface area contributed by atoms with Gasteiger partial charge in [0.05, 0.1) is 17.3 Å². The van der Waals surface area contributed by atoms with E-state index in [9.17, 15) is 9.59 Å². The number of fused-ring (bicyclic) bond motifs is 2. The molecule has 0 unspecified atom stereocenters. The number of hydrogen-bond acceptors (Lipinski definition) is 4. The predicted molar refractivity (Wildman–Crippen MR) is 106 cm³/mol. The van der Waals surface area contributed by atoms with Crippen LogP contribution < -0.4 is 16.4 Å². The highest BCUT2D eigenvalue weighted by atomic mass is 16.2. The summed E-state index contributed by atoms with van der Waals surface area (Å²) < 4.78 is 1.51. The van der Waals surface area contributed by atoms with E-state index in [4.69, 9.17) is 0 Å². The molecule has 0 fully saturated rings. The van der Waals surface area contributed by atoms with Crippen LogP contribution in [0.25, 0.3) is 10.9 Å². The Balaban J connectivity index is 1.49. The fourth-order valence-electron chi connectivity index (χ4n) is 3.65. The highest BCUT2D eigenvalue weighted by Crippen LogP contribution is 2.23. The molecule has 1 heterocycles. The van der Waals surface area contributed by atoms with E-state index in [1.807, 2.05) is 25.1 Å². The standard InChI is InChI=1S/C21H22N4O2/c1-2-25-20(27)17-8-3-4-9-18(17)22-21(25)24-23-19(26)13-14-10-11-15-6-5-7-16(15)12-14/h3-4,8-12H,2,5-7,13H2,1H3,(H,22,24)(H,23,26). The lowest BCUT2D eigenvalue weighted by molar-refractivity contribution is -0.119. The summed E-state index contributed by atoms with van der Waals surface area (Å²) in [5.41, 5.74) is 9.70. The van der Waals surface area contributed by atoms with Crippen molar-refractivity contribution in [1.82, 2.24) is 15.0 Å². The van der Waals surface area contributed by atoms with Gasteiger partial charge in [-0.05, 0) is 55.0 Å². The first kappa shape index (κ1) is 17.3. The first-order chi connectivity index (χ1) is 13.2. The van der Waals surface area contributed by atoms with Gasteiger partial charge >= 0.3 is 0 Å². The number of rotatable bonds is 5. The van der Waals surface area contributed by atoms with Crippen molar-refractivity contribution in [2.24, 2.45) is 0 Å². The maximum Gasteiger partial charge on any atom is 0.262 e. The molecule has 0 aliphatic heterocycles. The number of hydrazine groups is 1. The summed E-state index contributed by atoms with van der Waals surface area (Å²) in [6.07, 6.45) is 3.69. The van der Waals surface area contributed by atoms with Gasteiger partial charge in [0.25, 0.3) is 5.56 Å². The van der Waals surface area contributed by atoms with Crippen LogP contribution in [0.1, 0.15) is 30.0 Å². The molecule has 0 saturated heterocycles. The van der Waals surface area contributed by atoms with E-state index in [1.165, 1.54) is 22.1 Å². The maximum atomic E-state index is 12.6. The van der Waals surface area contributed by atoms with Crippen LogP contribution in [0, 0.1) is 0 Å². The van der Waals surface area contributed by atoms with Crippen LogP contribution in [0.4, 0.5) is 5.95 Å². The molecular weight excluding hydrogens is 340 g/mol. The number of aromatic nitrogens is 2. The van der Waals surface area contributed by atoms with Gasteiger partial charge in [0.2, 0.25) is 11.9 Å². The van der Waals surface area contributed by atoms with E-state index in [0.717, 1.165) is 18.4 Å². The zero-order chi connectivity index (χ0) is 18.8. The first-order valence-corrected chi connectivity index (χ1v) is 9.31. The van der Waals surface area contributed by atoms with Gasteiger partial charge in [-0.3, -0.25) is 25.0 Å². The van der Waals surface area contributed by atoms with Crippen molar-refractivity contribution in [3.05, 3.63) is 69.5 Å². The number of nitrogens with one attached hydrogen (secondary N) is 2. The van der Waals surface area contributed by atoms with Gasteiger partial charge in [0.15, 0.2) is 0 Å². The molecule has 1 aliphatic rings. The smallest absolute Gasteiger partial charge is 0.262 e. The highest BCUT2D eigenvalue weighted by molar-refractivity contribution is 5.81. The van der Waals surface area contributed by atoms with Crippen LogP contribution in [-0.2, 0) is 30.6 Å². The van der Waals surface area contributed by atoms with E-state index >= 15 is 0 Å². The molecule has 1 amide bonds. The molecule has 6 heteroatoms. The zero-order valence-corrected chi connectivity index (χ0v) is 15.3. The molecule has 0 saturated carbocycles.